The van der Waals surface area contributed by atoms with E-state index in [1.807, 2.05) is 28.8 Å². The van der Waals surface area contributed by atoms with Crippen LogP contribution < -0.4 is 11.4 Å². The van der Waals surface area contributed by atoms with Gasteiger partial charge in [-0.2, -0.15) is 0 Å². The van der Waals surface area contributed by atoms with Crippen molar-refractivity contribution in [1.29, 1.82) is 0 Å². The molecule has 2 aromatic rings. The van der Waals surface area contributed by atoms with Crippen LogP contribution in [0.4, 0.5) is 4.79 Å². The lowest BCUT2D eigenvalue weighted by atomic mass is 9.48. The lowest BCUT2D eigenvalue weighted by Gasteiger charge is -2.58. The number of rotatable bonds is 3. The molecule has 170 valence electrons. The summed E-state index contributed by atoms with van der Waals surface area (Å²) in [6.45, 7) is 1.05. The zero-order valence-corrected chi connectivity index (χ0v) is 18.4. The van der Waals surface area contributed by atoms with Gasteiger partial charge in [0.1, 0.15) is 6.10 Å². The van der Waals surface area contributed by atoms with E-state index < -0.39 is 0 Å². The fraction of sp³-hybridized carbons (Fsp3) is 0.625. The highest BCUT2D eigenvalue weighted by Gasteiger charge is 2.59. The molecule has 32 heavy (non-hydrogen) atoms. The van der Waals surface area contributed by atoms with Crippen LogP contribution in [-0.2, 0) is 16.6 Å². The zero-order chi connectivity index (χ0) is 22.2. The summed E-state index contributed by atoms with van der Waals surface area (Å²) in [5.74, 6) is 0.822. The van der Waals surface area contributed by atoms with Crippen LogP contribution in [0.5, 0.6) is 0 Å². The van der Waals surface area contributed by atoms with Crippen LogP contribution in [0.3, 0.4) is 0 Å². The average molecular weight is 439 g/mol. The van der Waals surface area contributed by atoms with Crippen LogP contribution in [0.15, 0.2) is 29.1 Å². The Labute approximate surface area is 186 Å². The number of hydrogen-bond donors (Lipinski definition) is 1. The predicted octanol–water partition coefficient (Wildman–Crippen LogP) is 2.40. The number of ether oxygens (including phenoxy) is 1. The number of fused-ring (bicyclic) bond motifs is 1. The minimum absolute atomic E-state index is 0.0517. The second-order valence-electron chi connectivity index (χ2n) is 10.6. The van der Waals surface area contributed by atoms with E-state index in [1.54, 1.807) is 16.5 Å². The third-order valence-corrected chi connectivity index (χ3v) is 8.73. The highest BCUT2D eigenvalue weighted by molar-refractivity contribution is 5.81. The first-order valence-electron chi connectivity index (χ1n) is 11.8. The number of amides is 2. The van der Waals surface area contributed by atoms with Crippen molar-refractivity contribution >= 4 is 23.0 Å². The summed E-state index contributed by atoms with van der Waals surface area (Å²) >= 11 is 0. The lowest BCUT2D eigenvalue weighted by molar-refractivity contribution is -0.161. The number of nitrogens with two attached hydrogens (primary N) is 1. The van der Waals surface area contributed by atoms with Crippen molar-refractivity contribution < 1.29 is 14.3 Å². The monoisotopic (exact) mass is 438 g/mol. The van der Waals surface area contributed by atoms with E-state index in [2.05, 4.69) is 0 Å². The molecule has 0 spiro atoms. The van der Waals surface area contributed by atoms with E-state index in [4.69, 9.17) is 10.5 Å². The zero-order valence-electron chi connectivity index (χ0n) is 18.4. The van der Waals surface area contributed by atoms with Gasteiger partial charge < -0.3 is 15.4 Å². The first kappa shape index (κ1) is 19.9. The third-order valence-electron chi connectivity index (χ3n) is 8.73. The predicted molar refractivity (Wildman–Crippen MR) is 118 cm³/mol. The molecule has 8 heteroatoms. The maximum Gasteiger partial charge on any atom is 0.410 e. The van der Waals surface area contributed by atoms with Crippen molar-refractivity contribution in [3.8, 4) is 0 Å². The second-order valence-corrected chi connectivity index (χ2v) is 10.6. The fourth-order valence-electron chi connectivity index (χ4n) is 7.45. The maximum atomic E-state index is 13.1. The third kappa shape index (κ3) is 2.77. The first-order valence-corrected chi connectivity index (χ1v) is 11.8. The van der Waals surface area contributed by atoms with E-state index in [1.165, 1.54) is 0 Å². The molecule has 1 saturated heterocycles. The highest BCUT2D eigenvalue weighted by Crippen LogP contribution is 2.60. The number of aromatic nitrogens is 2. The number of carbonyl (C=O) groups excluding carboxylic acids is 2. The average Bonchev–Trinajstić information content (AvgIpc) is 3.34. The molecule has 1 aromatic heterocycles. The quantitative estimate of drug-likeness (QED) is 0.795. The summed E-state index contributed by atoms with van der Waals surface area (Å²) in [5, 5.41) is 0. The van der Waals surface area contributed by atoms with E-state index in [0.717, 1.165) is 49.6 Å². The minimum atomic E-state index is -0.381. The summed E-state index contributed by atoms with van der Waals surface area (Å²) in [7, 11) is 1.79. The topological polar surface area (TPSA) is 99.6 Å². The standard InChI is InChI=1S/C24H30N4O4/c1-26-18-4-2-3-5-19(18)28(22(26)30)17-6-7-27(13-17)23(31)32-20-15-8-14-9-16(20)12-24(10-14,11-15)21(25)29/h2-5,14-17,20H,6-13H2,1H3,(H2,25,29)/t14?,15-,16?,17+,20?,24-/m0/s1. The first-order chi connectivity index (χ1) is 15.4. The Hall–Kier alpha value is -2.77. The normalized spacial score (nSPS) is 35.5. The summed E-state index contributed by atoms with van der Waals surface area (Å²) in [4.78, 5) is 39.9. The highest BCUT2D eigenvalue weighted by atomic mass is 16.6. The summed E-state index contributed by atoms with van der Waals surface area (Å²) in [5.41, 5.74) is 7.14. The van der Waals surface area contributed by atoms with Crippen molar-refractivity contribution in [2.75, 3.05) is 13.1 Å². The molecule has 0 radical (unpaired) electrons. The van der Waals surface area contributed by atoms with Crippen molar-refractivity contribution in [2.24, 2.45) is 36.0 Å². The molecule has 3 unspecified atom stereocenters. The van der Waals surface area contributed by atoms with Crippen LogP contribution in [0.2, 0.25) is 0 Å². The fourth-order valence-corrected chi connectivity index (χ4v) is 7.45. The summed E-state index contributed by atoms with van der Waals surface area (Å²) in [6.07, 6.45) is 4.78. The maximum absolute atomic E-state index is 13.1. The molecule has 8 nitrogen and oxygen atoms in total. The summed E-state index contributed by atoms with van der Waals surface area (Å²) < 4.78 is 9.57. The molecule has 1 aliphatic heterocycles. The van der Waals surface area contributed by atoms with Crippen molar-refractivity contribution in [1.82, 2.24) is 14.0 Å². The van der Waals surface area contributed by atoms with Crippen LogP contribution in [-0.4, -0.2) is 45.2 Å². The molecule has 5 fully saturated rings. The molecule has 4 saturated carbocycles. The summed E-state index contributed by atoms with van der Waals surface area (Å²) in [6, 6.07) is 7.71. The number of aryl methyl sites for hydroxylation is 1. The van der Waals surface area contributed by atoms with Gasteiger partial charge in [-0.25, -0.2) is 9.59 Å². The Balaban J connectivity index is 1.17. The molecule has 4 aliphatic carbocycles. The molecule has 2 heterocycles. The van der Waals surface area contributed by atoms with E-state index in [9.17, 15) is 14.4 Å². The number of primary amides is 1. The number of para-hydroxylation sites is 2. The number of hydrogen-bond acceptors (Lipinski definition) is 4. The number of carbonyl (C=O) groups is 2. The molecule has 6 atom stereocenters. The molecular weight excluding hydrogens is 408 g/mol. The molecule has 7 rings (SSSR count). The molecule has 2 amide bonds. The lowest BCUT2D eigenvalue weighted by Crippen LogP contribution is -2.59. The van der Waals surface area contributed by atoms with Gasteiger partial charge in [0, 0.05) is 20.1 Å². The molecule has 5 aliphatic rings. The Kier molecular flexibility index (Phi) is 4.26. The van der Waals surface area contributed by atoms with Crippen molar-refractivity contribution in [2.45, 2.75) is 50.7 Å². The van der Waals surface area contributed by atoms with Crippen molar-refractivity contribution in [3.05, 3.63) is 34.7 Å². The van der Waals surface area contributed by atoms with Gasteiger partial charge in [0.15, 0.2) is 0 Å². The van der Waals surface area contributed by atoms with Crippen LogP contribution >= 0.6 is 0 Å². The Morgan fingerprint density at radius 2 is 1.78 bits per heavy atom. The smallest absolute Gasteiger partial charge is 0.410 e. The number of benzene rings is 1. The van der Waals surface area contributed by atoms with Gasteiger partial charge in [-0.3, -0.25) is 13.9 Å². The molecule has 4 bridgehead atoms. The van der Waals surface area contributed by atoms with E-state index >= 15 is 0 Å². The molecule has 2 N–H and O–H groups in total. The minimum Gasteiger partial charge on any atom is -0.446 e. The largest absolute Gasteiger partial charge is 0.446 e. The van der Waals surface area contributed by atoms with Crippen molar-refractivity contribution in [3.63, 3.8) is 0 Å². The van der Waals surface area contributed by atoms with E-state index in [0.29, 0.717) is 19.0 Å². The molecule has 1 aromatic carbocycles. The van der Waals surface area contributed by atoms with Gasteiger partial charge in [-0.05, 0) is 68.4 Å². The van der Waals surface area contributed by atoms with Gasteiger partial charge >= 0.3 is 11.8 Å². The Bertz CT molecular complexity index is 1150. The van der Waals surface area contributed by atoms with E-state index in [-0.39, 0.29) is 47.1 Å². The van der Waals surface area contributed by atoms with Gasteiger partial charge in [0.05, 0.1) is 22.5 Å². The Morgan fingerprint density at radius 3 is 2.47 bits per heavy atom. The SMILES string of the molecule is Cn1c(=O)n([C@@H]2CCN(C(=O)OC3C4CC5C[C@H]3C[C@@](C(N)=O)(C5)C4)C2)c2ccccc21. The van der Waals surface area contributed by atoms with Gasteiger partial charge in [0.2, 0.25) is 5.91 Å². The van der Waals surface area contributed by atoms with Crippen LogP contribution in [0.25, 0.3) is 11.0 Å². The van der Waals surface area contributed by atoms with Gasteiger partial charge in [0.25, 0.3) is 0 Å². The van der Waals surface area contributed by atoms with Crippen LogP contribution in [0.1, 0.15) is 44.6 Å². The van der Waals surface area contributed by atoms with Gasteiger partial charge in [-0.15, -0.1) is 0 Å². The van der Waals surface area contributed by atoms with Crippen LogP contribution in [0, 0.1) is 23.2 Å². The molecular formula is C24H30N4O4. The Morgan fingerprint density at radius 1 is 1.09 bits per heavy atom. The van der Waals surface area contributed by atoms with Gasteiger partial charge in [-0.1, -0.05) is 12.1 Å². The number of imidazole rings is 1. The second kappa shape index (κ2) is 6.86. The number of nitrogens with zero attached hydrogens (tertiary/aromatic N) is 3. The number of likely N-dealkylation sites (tertiary alicyclic amines) is 1.